The Balaban J connectivity index is 2.19. The lowest BCUT2D eigenvalue weighted by Gasteiger charge is -2.35. The molecule has 0 amide bonds. The maximum absolute atomic E-state index is 10.6. The molecule has 0 aromatic carbocycles. The van der Waals surface area contributed by atoms with Crippen molar-refractivity contribution in [3.63, 3.8) is 0 Å². The van der Waals surface area contributed by atoms with Gasteiger partial charge in [-0.1, -0.05) is 6.92 Å². The summed E-state index contributed by atoms with van der Waals surface area (Å²) in [6, 6.07) is 2.96. The predicted molar refractivity (Wildman–Crippen MR) is 67.3 cm³/mol. The van der Waals surface area contributed by atoms with Gasteiger partial charge in [-0.2, -0.15) is 0 Å². The van der Waals surface area contributed by atoms with Crippen LogP contribution in [0.5, 0.6) is 0 Å². The van der Waals surface area contributed by atoms with Crippen LogP contribution in [0.2, 0.25) is 0 Å². The standard InChI is InChI=1S/C11H16N4O3/c1-7-6-14(5-4-9(7)16)10-3-2-8(15(17)18)11(12)13-10/h2-3,7,9,16H,4-6H2,1H3,(H2,12,13). The molecule has 98 valence electrons. The second kappa shape index (κ2) is 4.77. The first-order chi connectivity index (χ1) is 8.49. The quantitative estimate of drug-likeness (QED) is 0.595. The fourth-order valence-corrected chi connectivity index (χ4v) is 2.13. The molecule has 2 atom stereocenters. The van der Waals surface area contributed by atoms with Crippen molar-refractivity contribution in [3.05, 3.63) is 22.2 Å². The molecular weight excluding hydrogens is 236 g/mol. The molecule has 1 fully saturated rings. The van der Waals surface area contributed by atoms with Crippen LogP contribution in [0.4, 0.5) is 17.3 Å². The van der Waals surface area contributed by atoms with E-state index in [2.05, 4.69) is 4.98 Å². The lowest BCUT2D eigenvalue weighted by atomic mass is 9.97. The summed E-state index contributed by atoms with van der Waals surface area (Å²) < 4.78 is 0. The van der Waals surface area contributed by atoms with Gasteiger partial charge in [0.05, 0.1) is 11.0 Å². The third-order valence-corrected chi connectivity index (χ3v) is 3.27. The van der Waals surface area contributed by atoms with E-state index in [1.54, 1.807) is 6.07 Å². The minimum absolute atomic E-state index is 0.0729. The number of nitrogens with two attached hydrogens (primary N) is 1. The van der Waals surface area contributed by atoms with Crippen LogP contribution >= 0.6 is 0 Å². The summed E-state index contributed by atoms with van der Waals surface area (Å²) in [4.78, 5) is 16.1. The first-order valence-electron chi connectivity index (χ1n) is 5.83. The number of nitrogen functional groups attached to an aromatic ring is 1. The maximum Gasteiger partial charge on any atom is 0.311 e. The molecule has 0 bridgehead atoms. The third kappa shape index (κ3) is 2.35. The summed E-state index contributed by atoms with van der Waals surface area (Å²) in [5.41, 5.74) is 5.39. The highest BCUT2D eigenvalue weighted by atomic mass is 16.6. The lowest BCUT2D eigenvalue weighted by molar-refractivity contribution is -0.384. The van der Waals surface area contributed by atoms with Crippen molar-refractivity contribution in [1.82, 2.24) is 4.98 Å². The molecule has 2 unspecified atom stereocenters. The number of aliphatic hydroxyl groups excluding tert-OH is 1. The molecule has 18 heavy (non-hydrogen) atoms. The first-order valence-corrected chi connectivity index (χ1v) is 5.83. The topological polar surface area (TPSA) is 106 Å². The highest BCUT2D eigenvalue weighted by molar-refractivity contribution is 5.58. The molecule has 0 radical (unpaired) electrons. The van der Waals surface area contributed by atoms with E-state index in [0.717, 1.165) is 0 Å². The molecule has 7 nitrogen and oxygen atoms in total. The van der Waals surface area contributed by atoms with Crippen LogP contribution < -0.4 is 10.6 Å². The van der Waals surface area contributed by atoms with Gasteiger partial charge in [0.1, 0.15) is 5.82 Å². The Kier molecular flexibility index (Phi) is 3.33. The number of aliphatic hydroxyl groups is 1. The van der Waals surface area contributed by atoms with Crippen molar-refractivity contribution in [3.8, 4) is 0 Å². The second-order valence-electron chi connectivity index (χ2n) is 4.61. The van der Waals surface area contributed by atoms with Crippen LogP contribution in [0.25, 0.3) is 0 Å². The molecule has 1 aliphatic rings. The van der Waals surface area contributed by atoms with Gasteiger partial charge in [0.2, 0.25) is 5.82 Å². The molecule has 1 aliphatic heterocycles. The van der Waals surface area contributed by atoms with E-state index in [4.69, 9.17) is 5.73 Å². The van der Waals surface area contributed by atoms with Gasteiger partial charge in [0, 0.05) is 19.2 Å². The van der Waals surface area contributed by atoms with E-state index in [-0.39, 0.29) is 23.5 Å². The zero-order chi connectivity index (χ0) is 13.3. The largest absolute Gasteiger partial charge is 0.393 e. The van der Waals surface area contributed by atoms with Gasteiger partial charge < -0.3 is 15.7 Å². The Bertz CT molecular complexity index is 466. The van der Waals surface area contributed by atoms with Crippen LogP contribution in [0.15, 0.2) is 12.1 Å². The fourth-order valence-electron chi connectivity index (χ4n) is 2.13. The average molecular weight is 252 g/mol. The summed E-state index contributed by atoms with van der Waals surface area (Å²) in [6.07, 6.45) is 0.372. The first kappa shape index (κ1) is 12.6. The Morgan fingerprint density at radius 1 is 1.61 bits per heavy atom. The van der Waals surface area contributed by atoms with Crippen molar-refractivity contribution in [1.29, 1.82) is 0 Å². The Hall–Kier alpha value is -1.89. The molecule has 0 saturated carbocycles. The highest BCUT2D eigenvalue weighted by Crippen LogP contribution is 2.26. The van der Waals surface area contributed by atoms with Gasteiger partial charge in [0.15, 0.2) is 0 Å². The Morgan fingerprint density at radius 3 is 2.89 bits per heavy atom. The number of nitro groups is 1. The zero-order valence-corrected chi connectivity index (χ0v) is 10.1. The third-order valence-electron chi connectivity index (χ3n) is 3.27. The van der Waals surface area contributed by atoms with Gasteiger partial charge in [0.25, 0.3) is 0 Å². The summed E-state index contributed by atoms with van der Waals surface area (Å²) in [5, 5.41) is 20.3. The van der Waals surface area contributed by atoms with Crippen LogP contribution in [0.3, 0.4) is 0 Å². The smallest absolute Gasteiger partial charge is 0.311 e. The van der Waals surface area contributed by atoms with E-state index in [0.29, 0.717) is 25.3 Å². The molecule has 3 N–H and O–H groups in total. The number of anilines is 2. The lowest BCUT2D eigenvalue weighted by Crippen LogP contribution is -2.42. The SMILES string of the molecule is CC1CN(c2ccc([N+](=O)[O-])c(N)n2)CCC1O. The van der Waals surface area contributed by atoms with Gasteiger partial charge in [-0.15, -0.1) is 0 Å². The van der Waals surface area contributed by atoms with Crippen LogP contribution in [-0.2, 0) is 0 Å². The minimum Gasteiger partial charge on any atom is -0.393 e. The van der Waals surface area contributed by atoms with Crippen molar-refractivity contribution in [2.45, 2.75) is 19.4 Å². The number of rotatable bonds is 2. The van der Waals surface area contributed by atoms with E-state index in [1.165, 1.54) is 6.07 Å². The van der Waals surface area contributed by atoms with Gasteiger partial charge in [-0.25, -0.2) is 4.98 Å². The molecule has 1 aromatic rings. The summed E-state index contributed by atoms with van der Waals surface area (Å²) in [5.74, 6) is 0.699. The molecule has 2 heterocycles. The monoisotopic (exact) mass is 252 g/mol. The van der Waals surface area contributed by atoms with Crippen molar-refractivity contribution in [2.24, 2.45) is 5.92 Å². The molecule has 0 aliphatic carbocycles. The Labute approximate surface area is 104 Å². The van der Waals surface area contributed by atoms with Gasteiger partial charge >= 0.3 is 5.69 Å². The summed E-state index contributed by atoms with van der Waals surface area (Å²) in [7, 11) is 0. The average Bonchev–Trinajstić information content (AvgIpc) is 2.32. The van der Waals surface area contributed by atoms with Gasteiger partial charge in [-0.3, -0.25) is 10.1 Å². The molecule has 2 rings (SSSR count). The Morgan fingerprint density at radius 2 is 2.33 bits per heavy atom. The minimum atomic E-state index is -0.547. The van der Waals surface area contributed by atoms with Crippen LogP contribution in [0.1, 0.15) is 13.3 Å². The van der Waals surface area contributed by atoms with Crippen molar-refractivity contribution >= 4 is 17.3 Å². The summed E-state index contributed by atoms with van der Waals surface area (Å²) >= 11 is 0. The molecule has 7 heteroatoms. The maximum atomic E-state index is 10.6. The van der Waals surface area contributed by atoms with Crippen LogP contribution in [0, 0.1) is 16.0 Å². The van der Waals surface area contributed by atoms with Crippen molar-refractivity contribution in [2.75, 3.05) is 23.7 Å². The number of piperidine rings is 1. The number of aromatic nitrogens is 1. The van der Waals surface area contributed by atoms with E-state index < -0.39 is 4.92 Å². The number of nitrogens with zero attached hydrogens (tertiary/aromatic N) is 3. The number of hydrogen-bond donors (Lipinski definition) is 2. The van der Waals surface area contributed by atoms with Crippen molar-refractivity contribution < 1.29 is 10.0 Å². The second-order valence-corrected chi connectivity index (χ2v) is 4.61. The molecule has 1 aromatic heterocycles. The van der Waals surface area contributed by atoms with E-state index in [9.17, 15) is 15.2 Å². The molecule has 0 spiro atoms. The highest BCUT2D eigenvalue weighted by Gasteiger charge is 2.25. The number of pyridine rings is 1. The van der Waals surface area contributed by atoms with E-state index >= 15 is 0 Å². The number of hydrogen-bond acceptors (Lipinski definition) is 6. The predicted octanol–water partition coefficient (Wildman–Crippen LogP) is 0.779. The summed E-state index contributed by atoms with van der Waals surface area (Å²) in [6.45, 7) is 3.31. The van der Waals surface area contributed by atoms with E-state index in [1.807, 2.05) is 11.8 Å². The fraction of sp³-hybridized carbons (Fsp3) is 0.545. The van der Waals surface area contributed by atoms with Crippen LogP contribution in [-0.4, -0.2) is 34.2 Å². The van der Waals surface area contributed by atoms with Gasteiger partial charge in [-0.05, 0) is 18.4 Å². The normalized spacial score (nSPS) is 24.0. The zero-order valence-electron chi connectivity index (χ0n) is 10.1. The molecule has 1 saturated heterocycles. The molecular formula is C11H16N4O3.